The zero-order valence-corrected chi connectivity index (χ0v) is 20.8. The maximum atomic E-state index is 4.43. The monoisotopic (exact) mass is 587 g/mol. The number of pyridine rings is 1. The molecule has 0 aliphatic heterocycles. The van der Waals surface area contributed by atoms with Gasteiger partial charge in [0.1, 0.15) is 0 Å². The Bertz CT molecular complexity index is 1160. The van der Waals surface area contributed by atoms with Crippen LogP contribution in [0, 0.1) is 6.07 Å². The van der Waals surface area contributed by atoms with Gasteiger partial charge in [-0.25, -0.2) is 0 Å². The maximum Gasteiger partial charge on any atom is 2.00 e. The predicted octanol–water partition coefficient (Wildman–Crippen LogP) is 5.86. The van der Waals surface area contributed by atoms with E-state index >= 15 is 0 Å². The van der Waals surface area contributed by atoms with Crippen LogP contribution >= 0.6 is 0 Å². The van der Waals surface area contributed by atoms with Gasteiger partial charge in [-0.1, -0.05) is 66.6 Å². The minimum atomic E-state index is 0. The Labute approximate surface area is 200 Å². The first kappa shape index (κ1) is 26.2. The van der Waals surface area contributed by atoms with Crippen molar-refractivity contribution in [1.29, 1.82) is 0 Å². The molecule has 0 saturated heterocycles. The third-order valence-corrected chi connectivity index (χ3v) is 4.31. The summed E-state index contributed by atoms with van der Waals surface area (Å²) in [5, 5.41) is 1.78. The fraction of sp³-hybridized carbons (Fsp3) is 0.143. The van der Waals surface area contributed by atoms with E-state index in [1.807, 2.05) is 82.3 Å². The van der Waals surface area contributed by atoms with Crippen LogP contribution < -0.4 is 10.4 Å². The smallest absolute Gasteiger partial charge is 0.300 e. The molecule has 2 nitrogen and oxygen atoms in total. The fourth-order valence-electron chi connectivity index (χ4n) is 2.78. The van der Waals surface area contributed by atoms with E-state index in [0.29, 0.717) is 0 Å². The third kappa shape index (κ3) is 7.12. The molecule has 0 spiro atoms. The molecule has 0 atom stereocenters. The molecular weight excluding hydrogens is 559 g/mol. The summed E-state index contributed by atoms with van der Waals surface area (Å²) in [6.07, 6.45) is 8.81. The van der Waals surface area contributed by atoms with Gasteiger partial charge in [-0.15, -0.1) is 53.3 Å². The summed E-state index contributed by atoms with van der Waals surface area (Å²) in [5.41, 5.74) is 5.36. The molecule has 0 N–H and O–H groups in total. The summed E-state index contributed by atoms with van der Waals surface area (Å²) in [6.45, 7) is 16.2. The van der Waals surface area contributed by atoms with Crippen LogP contribution in [0.3, 0.4) is 0 Å². The fourth-order valence-corrected chi connectivity index (χ4v) is 2.78. The Hall–Kier alpha value is -2.83. The van der Waals surface area contributed by atoms with E-state index in [1.165, 1.54) is 0 Å². The van der Waals surface area contributed by atoms with Gasteiger partial charge in [0.2, 0.25) is 0 Å². The molecule has 3 rings (SSSR count). The van der Waals surface area contributed by atoms with E-state index in [0.717, 1.165) is 44.1 Å². The molecule has 1 aromatic heterocycles. The van der Waals surface area contributed by atoms with Crippen LogP contribution in [0.5, 0.6) is 0 Å². The van der Waals surface area contributed by atoms with Crippen molar-refractivity contribution in [2.24, 2.45) is 4.99 Å². The summed E-state index contributed by atoms with van der Waals surface area (Å²) in [6, 6.07) is 21.4. The second kappa shape index (κ2) is 13.5. The quantitative estimate of drug-likeness (QED) is 0.271. The summed E-state index contributed by atoms with van der Waals surface area (Å²) in [4.78, 5) is 8.79. The Morgan fingerprint density at radius 3 is 2.42 bits per heavy atom. The van der Waals surface area contributed by atoms with Gasteiger partial charge < -0.3 is 4.99 Å². The van der Waals surface area contributed by atoms with Crippen molar-refractivity contribution in [1.82, 2.24) is 4.98 Å². The van der Waals surface area contributed by atoms with Gasteiger partial charge in [0.25, 0.3) is 0 Å². The Balaban J connectivity index is 0.00000156. The van der Waals surface area contributed by atoms with Crippen molar-refractivity contribution in [2.45, 2.75) is 27.7 Å². The second-order valence-electron chi connectivity index (χ2n) is 6.33. The number of rotatable bonds is 5. The Morgan fingerprint density at radius 1 is 1.03 bits per heavy atom. The first-order valence-electron chi connectivity index (χ1n) is 10.1. The van der Waals surface area contributed by atoms with E-state index < -0.39 is 0 Å². The number of hydrogen-bond acceptors (Lipinski definition) is 2. The minimum Gasteiger partial charge on any atom is -0.300 e. The molecule has 3 aromatic rings. The second-order valence-corrected chi connectivity index (χ2v) is 6.33. The maximum absolute atomic E-state index is 4.43. The number of aromatic nitrogens is 1. The molecule has 0 saturated carbocycles. The molecule has 0 fully saturated rings. The van der Waals surface area contributed by atoms with E-state index in [2.05, 4.69) is 41.3 Å². The Kier molecular flexibility index (Phi) is 11.4. The van der Waals surface area contributed by atoms with Gasteiger partial charge in [-0.05, 0) is 25.6 Å². The van der Waals surface area contributed by atoms with Crippen LogP contribution in [0.25, 0.3) is 35.0 Å². The summed E-state index contributed by atoms with van der Waals surface area (Å²) in [5.74, 6) is 0. The first-order chi connectivity index (χ1) is 14.6. The van der Waals surface area contributed by atoms with Gasteiger partial charge in [-0.2, -0.15) is 6.58 Å². The third-order valence-electron chi connectivity index (χ3n) is 4.31. The van der Waals surface area contributed by atoms with E-state index in [4.69, 9.17) is 0 Å². The van der Waals surface area contributed by atoms with E-state index in [9.17, 15) is 0 Å². The van der Waals surface area contributed by atoms with Crippen molar-refractivity contribution in [3.8, 4) is 22.4 Å². The summed E-state index contributed by atoms with van der Waals surface area (Å²) < 4.78 is 0. The standard InChI is InChI=1S/C26H22N2.C2H6.Pt/c1-5-15-27-21(4)20(3)17-25-19(2)10-8-13-24(25)22-11-9-12-23(18-22)26-14-6-7-16-28-26;1-2;/h5-16H,2-3H2,1,4H3;1-2H3;/q-2;;+2/b15-5-,27-21?;;. The van der Waals surface area contributed by atoms with Crippen LogP contribution in [0.1, 0.15) is 27.7 Å². The van der Waals surface area contributed by atoms with Crippen molar-refractivity contribution in [2.75, 3.05) is 0 Å². The average molecular weight is 588 g/mol. The number of nitrogens with zero attached hydrogens (tertiary/aromatic N) is 2. The first-order valence-corrected chi connectivity index (χ1v) is 10.1. The molecule has 0 amide bonds. The molecule has 31 heavy (non-hydrogen) atoms. The minimum absolute atomic E-state index is 0. The van der Waals surface area contributed by atoms with Crippen LogP contribution in [0.4, 0.5) is 0 Å². The van der Waals surface area contributed by atoms with Crippen molar-refractivity contribution in [3.05, 3.63) is 102 Å². The largest absolute Gasteiger partial charge is 2.00 e. The van der Waals surface area contributed by atoms with Crippen LogP contribution in [0.15, 0.2) is 90.2 Å². The zero-order chi connectivity index (χ0) is 21.9. The number of hydrogen-bond donors (Lipinski definition) is 0. The molecule has 0 radical (unpaired) electrons. The van der Waals surface area contributed by atoms with Crippen molar-refractivity contribution in [3.63, 3.8) is 0 Å². The topological polar surface area (TPSA) is 25.2 Å². The van der Waals surface area contributed by atoms with Crippen molar-refractivity contribution >= 4 is 18.4 Å². The number of benzene rings is 2. The van der Waals surface area contributed by atoms with Crippen LogP contribution in [-0.4, -0.2) is 10.7 Å². The van der Waals surface area contributed by atoms with Gasteiger partial charge in [0.05, 0.1) is 0 Å². The van der Waals surface area contributed by atoms with Gasteiger partial charge in [0.15, 0.2) is 0 Å². The molecule has 0 unspecified atom stereocenters. The predicted molar refractivity (Wildman–Crippen MR) is 131 cm³/mol. The Morgan fingerprint density at radius 2 is 1.74 bits per heavy atom. The van der Waals surface area contributed by atoms with Gasteiger partial charge in [0, 0.05) is 18.1 Å². The summed E-state index contributed by atoms with van der Waals surface area (Å²) >= 11 is 0. The SMILES string of the molecule is C=C([C-]=c1c(-c2[c-]c(-c3ccccn3)ccc2)cccc1=C)C(C)=N/C=C\C.CC.[Pt+2]. The van der Waals surface area contributed by atoms with Crippen molar-refractivity contribution < 1.29 is 21.1 Å². The average Bonchev–Trinajstić information content (AvgIpc) is 2.80. The number of allylic oxidation sites excluding steroid dienone is 2. The normalized spacial score (nSPS) is 11.5. The zero-order valence-electron chi connectivity index (χ0n) is 18.6. The molecule has 1 heterocycles. The van der Waals surface area contributed by atoms with Gasteiger partial charge >= 0.3 is 21.1 Å². The molecule has 160 valence electrons. The van der Waals surface area contributed by atoms with E-state index in [-0.39, 0.29) is 21.1 Å². The molecule has 3 heteroatoms. The molecular formula is C28H28N2Pt. The molecule has 0 aliphatic rings. The molecule has 0 bridgehead atoms. The number of aliphatic imine (C=N–C) groups is 1. The molecule has 0 aliphatic carbocycles. The summed E-state index contributed by atoms with van der Waals surface area (Å²) in [7, 11) is 0. The molecule has 2 aromatic carbocycles. The van der Waals surface area contributed by atoms with Crippen LogP contribution in [0.2, 0.25) is 0 Å². The van der Waals surface area contributed by atoms with E-state index in [1.54, 1.807) is 12.4 Å². The van der Waals surface area contributed by atoms with Crippen LogP contribution in [-0.2, 0) is 21.1 Å². The van der Waals surface area contributed by atoms with Gasteiger partial charge in [-0.3, -0.25) is 4.98 Å².